The number of esters is 4. The molecule has 9 nitrogen and oxygen atoms in total. The first-order chi connectivity index (χ1) is 21.3. The van der Waals surface area contributed by atoms with Crippen molar-refractivity contribution in [3.05, 3.63) is 0 Å². The molecule has 1 heterocycles. The second-order valence-electron chi connectivity index (χ2n) is 17.1. The van der Waals surface area contributed by atoms with Gasteiger partial charge in [-0.2, -0.15) is 0 Å². The van der Waals surface area contributed by atoms with Gasteiger partial charge >= 0.3 is 23.9 Å². The molecule has 45 heavy (non-hydrogen) atoms. The van der Waals surface area contributed by atoms with Gasteiger partial charge in [0.25, 0.3) is 0 Å². The summed E-state index contributed by atoms with van der Waals surface area (Å²) in [5.41, 5.74) is -0.594. The maximum Gasteiger partial charge on any atom is 0.317 e. The van der Waals surface area contributed by atoms with Crippen LogP contribution in [0.25, 0.3) is 0 Å². The summed E-state index contributed by atoms with van der Waals surface area (Å²) in [5, 5.41) is 19.4. The molecule has 7 aliphatic rings. The lowest BCUT2D eigenvalue weighted by Gasteiger charge is -2.47. The van der Waals surface area contributed by atoms with Crippen LogP contribution in [-0.2, 0) is 33.4 Å². The second kappa shape index (κ2) is 11.3. The maximum atomic E-state index is 13.9. The smallest absolute Gasteiger partial charge is 0.317 e. The van der Waals surface area contributed by atoms with Crippen molar-refractivity contribution in [1.29, 1.82) is 0 Å². The van der Waals surface area contributed by atoms with Gasteiger partial charge in [-0.15, -0.1) is 0 Å². The minimum Gasteiger partial charge on any atom is -0.463 e. The highest BCUT2D eigenvalue weighted by molar-refractivity contribution is 5.97. The Labute approximate surface area is 266 Å². The van der Waals surface area contributed by atoms with Crippen molar-refractivity contribution in [3.63, 3.8) is 0 Å². The summed E-state index contributed by atoms with van der Waals surface area (Å²) in [6.45, 7) is 10.1. The van der Waals surface area contributed by atoms with Crippen LogP contribution in [0.15, 0.2) is 0 Å². The molecule has 1 aliphatic heterocycles. The van der Waals surface area contributed by atoms with Crippen LogP contribution < -0.4 is 0 Å². The number of aliphatic hydroxyl groups excluding tert-OH is 2. The van der Waals surface area contributed by atoms with Gasteiger partial charge in [0.05, 0.1) is 30.3 Å². The van der Waals surface area contributed by atoms with Gasteiger partial charge in [-0.25, -0.2) is 0 Å². The Morgan fingerprint density at radius 1 is 0.733 bits per heavy atom. The third-order valence-electron chi connectivity index (χ3n) is 14.2. The van der Waals surface area contributed by atoms with E-state index in [1.165, 1.54) is 0 Å². The van der Waals surface area contributed by atoms with E-state index in [9.17, 15) is 29.4 Å². The molecule has 1 saturated heterocycles. The Morgan fingerprint density at radius 2 is 1.33 bits per heavy atom. The Hall–Kier alpha value is -2.00. The minimum absolute atomic E-state index is 0.00827. The van der Waals surface area contributed by atoms with Crippen LogP contribution in [0.3, 0.4) is 0 Å². The van der Waals surface area contributed by atoms with Crippen LogP contribution in [-0.4, -0.2) is 59.5 Å². The minimum atomic E-state index is -0.594. The number of cyclic esters (lactones) is 2. The van der Waals surface area contributed by atoms with Crippen molar-refractivity contribution in [3.8, 4) is 0 Å². The molecule has 6 bridgehead atoms. The fraction of sp³-hybridized carbons (Fsp3) is 0.889. The van der Waals surface area contributed by atoms with Gasteiger partial charge in [-0.05, 0) is 136 Å². The van der Waals surface area contributed by atoms with Crippen molar-refractivity contribution in [2.45, 2.75) is 78.7 Å². The summed E-state index contributed by atoms with van der Waals surface area (Å²) in [6.07, 6.45) is 5.14. The Balaban J connectivity index is 1.22. The molecule has 7 rings (SSSR count). The zero-order valence-corrected chi connectivity index (χ0v) is 27.4. The van der Waals surface area contributed by atoms with Crippen LogP contribution in [0.4, 0.5) is 0 Å². The van der Waals surface area contributed by atoms with E-state index in [1.54, 1.807) is 0 Å². The zero-order valence-electron chi connectivity index (χ0n) is 27.4. The fourth-order valence-electron chi connectivity index (χ4n) is 13.0. The van der Waals surface area contributed by atoms with E-state index >= 15 is 0 Å². The molecule has 6 saturated carbocycles. The number of carbonyl (C=O) groups is 4. The summed E-state index contributed by atoms with van der Waals surface area (Å²) >= 11 is 0. The van der Waals surface area contributed by atoms with Crippen molar-refractivity contribution >= 4 is 23.9 Å². The van der Waals surface area contributed by atoms with Gasteiger partial charge in [0.15, 0.2) is 0 Å². The maximum absolute atomic E-state index is 13.9. The zero-order chi connectivity index (χ0) is 32.1. The molecule has 0 aromatic heterocycles. The highest BCUT2D eigenvalue weighted by atomic mass is 16.6. The lowest BCUT2D eigenvalue weighted by molar-refractivity contribution is -0.165. The third-order valence-corrected chi connectivity index (χ3v) is 14.2. The topological polar surface area (TPSA) is 136 Å². The molecule has 2 N–H and O–H groups in total. The molecule has 17 unspecified atom stereocenters. The number of carbonyl (C=O) groups excluding carboxylic acids is 4. The van der Waals surface area contributed by atoms with E-state index in [4.69, 9.17) is 14.2 Å². The van der Waals surface area contributed by atoms with Gasteiger partial charge < -0.3 is 24.4 Å². The SMILES string of the molecule is CC1C2CC(CO)C(C2)C1C1C(=O)OC(=O)C1C1C2CC(C(=O)OC(C)(C)C)C(C2)C1C1C2CC(C(=O)OCCO)C(C2)C1C. The predicted octanol–water partition coefficient (Wildman–Crippen LogP) is 3.88. The Kier molecular flexibility index (Phi) is 7.94. The van der Waals surface area contributed by atoms with Gasteiger partial charge in [-0.3, -0.25) is 19.2 Å². The van der Waals surface area contributed by atoms with E-state index in [2.05, 4.69) is 13.8 Å². The lowest BCUT2D eigenvalue weighted by atomic mass is 9.55. The van der Waals surface area contributed by atoms with E-state index in [0.29, 0.717) is 18.3 Å². The molecule has 0 spiro atoms. The van der Waals surface area contributed by atoms with Crippen molar-refractivity contribution in [2.75, 3.05) is 19.8 Å². The largest absolute Gasteiger partial charge is 0.463 e. The van der Waals surface area contributed by atoms with Crippen molar-refractivity contribution in [2.24, 2.45) is 101 Å². The quantitative estimate of drug-likeness (QED) is 0.233. The standard InChI is InChI=1S/C36H52O9/c1-15-17-8-20(14-38)22(9-17)27(15)30-31(35(42)44-34(30)41)28-19-11-23(25(13-19)33(40)45-36(3,4)5)29(28)26-16(2)21-10-18(26)12-24(21)32(39)43-7-6-37/h15-31,37-38H,6-14H2,1-5H3. The van der Waals surface area contributed by atoms with Gasteiger partial charge in [0, 0.05) is 6.61 Å². The van der Waals surface area contributed by atoms with E-state index in [0.717, 1.165) is 32.1 Å². The van der Waals surface area contributed by atoms with Crippen molar-refractivity contribution < 1.29 is 43.6 Å². The molecule has 0 aromatic rings. The highest BCUT2D eigenvalue weighted by Gasteiger charge is 2.69. The predicted molar refractivity (Wildman–Crippen MR) is 160 cm³/mol. The Bertz CT molecular complexity index is 1220. The third kappa shape index (κ3) is 4.91. The van der Waals surface area contributed by atoms with Crippen LogP contribution >= 0.6 is 0 Å². The molecule has 7 fully saturated rings. The lowest BCUT2D eigenvalue weighted by Crippen LogP contribution is -2.49. The van der Waals surface area contributed by atoms with Crippen molar-refractivity contribution in [1.82, 2.24) is 0 Å². The second-order valence-corrected chi connectivity index (χ2v) is 17.1. The molecular formula is C36H52O9. The summed E-state index contributed by atoms with van der Waals surface area (Å²) in [4.78, 5) is 54.1. The molecule has 6 aliphatic carbocycles. The van der Waals surface area contributed by atoms with Crippen LogP contribution in [0.5, 0.6) is 0 Å². The first kappa shape index (κ1) is 31.6. The molecule has 0 radical (unpaired) electrons. The number of aliphatic hydroxyl groups is 2. The molecule has 250 valence electrons. The first-order valence-corrected chi connectivity index (χ1v) is 17.7. The molecule has 0 aromatic carbocycles. The molecule has 0 amide bonds. The van der Waals surface area contributed by atoms with E-state index in [1.807, 2.05) is 20.8 Å². The van der Waals surface area contributed by atoms with Crippen LogP contribution in [0.2, 0.25) is 0 Å². The number of rotatable bonds is 8. The van der Waals surface area contributed by atoms with Gasteiger partial charge in [0.2, 0.25) is 0 Å². The van der Waals surface area contributed by atoms with E-state index in [-0.39, 0.29) is 115 Å². The highest BCUT2D eigenvalue weighted by Crippen LogP contribution is 2.70. The molecule has 17 atom stereocenters. The number of ether oxygens (including phenoxy) is 3. The number of hydrogen-bond acceptors (Lipinski definition) is 9. The summed E-state index contributed by atoms with van der Waals surface area (Å²) in [5.74, 6) is -0.387. The summed E-state index contributed by atoms with van der Waals surface area (Å²) in [6, 6.07) is 0. The van der Waals surface area contributed by atoms with Gasteiger partial charge in [-0.1, -0.05) is 13.8 Å². The van der Waals surface area contributed by atoms with Crippen LogP contribution in [0, 0.1) is 101 Å². The number of hydrogen-bond donors (Lipinski definition) is 2. The Morgan fingerprint density at radius 3 is 1.93 bits per heavy atom. The average molecular weight is 629 g/mol. The van der Waals surface area contributed by atoms with Crippen LogP contribution in [0.1, 0.15) is 73.1 Å². The van der Waals surface area contributed by atoms with E-state index < -0.39 is 23.4 Å². The normalized spacial score (nSPS) is 49.6. The first-order valence-electron chi connectivity index (χ1n) is 17.7. The summed E-state index contributed by atoms with van der Waals surface area (Å²) in [7, 11) is 0. The number of fused-ring (bicyclic) bond motifs is 6. The fourth-order valence-corrected chi connectivity index (χ4v) is 13.0. The molecule has 9 heteroatoms. The molecular weight excluding hydrogens is 576 g/mol. The summed E-state index contributed by atoms with van der Waals surface area (Å²) < 4.78 is 16.9. The monoisotopic (exact) mass is 628 g/mol. The van der Waals surface area contributed by atoms with Gasteiger partial charge in [0.1, 0.15) is 12.2 Å². The average Bonchev–Trinajstić information content (AvgIpc) is 3.82.